The van der Waals surface area contributed by atoms with Crippen molar-refractivity contribution in [3.8, 4) is 0 Å². The van der Waals surface area contributed by atoms with Crippen LogP contribution >= 0.6 is 0 Å². The van der Waals surface area contributed by atoms with Crippen molar-refractivity contribution in [2.24, 2.45) is 0 Å². The SMILES string of the molecule is CCCCCCC/C=C\C/C=C\CCCCCCCCCCCCCCCCCCCC(=O)NC(COC1OC(CO)C(OC2OC(CO)C(OC3OC(CO)C(O)C(O)C3O)C(O)C2O)C(O)C1O)C(O)/C=C/CCCCCCCCCCCCCCCCCCCCC. The summed E-state index contributed by atoms with van der Waals surface area (Å²) in [7, 11) is 0. The quantitative estimate of drug-likeness (QED) is 0.0199. The summed E-state index contributed by atoms with van der Waals surface area (Å²) in [6, 6.07) is -0.973. The Bertz CT molecular complexity index is 1860. The number of hydrogen-bond donors (Lipinski definition) is 12. The molecule has 0 aromatic carbocycles. The maximum Gasteiger partial charge on any atom is 0.220 e. The van der Waals surface area contributed by atoms with Crippen molar-refractivity contribution in [1.82, 2.24) is 5.32 Å². The van der Waals surface area contributed by atoms with Gasteiger partial charge in [-0.2, -0.15) is 0 Å². The van der Waals surface area contributed by atoms with Crippen LogP contribution in [0.2, 0.25) is 0 Å². The van der Waals surface area contributed by atoms with E-state index in [0.717, 1.165) is 51.4 Å². The van der Waals surface area contributed by atoms with Crippen molar-refractivity contribution in [3.05, 3.63) is 36.5 Å². The highest BCUT2D eigenvalue weighted by Crippen LogP contribution is 2.33. The summed E-state index contributed by atoms with van der Waals surface area (Å²) >= 11 is 0. The first kappa shape index (κ1) is 87.2. The molecular weight excluding hydrogens is 1210 g/mol. The van der Waals surface area contributed by atoms with E-state index in [0.29, 0.717) is 6.42 Å². The van der Waals surface area contributed by atoms with Gasteiger partial charge in [0.1, 0.15) is 73.2 Å². The van der Waals surface area contributed by atoms with E-state index in [2.05, 4.69) is 43.5 Å². The van der Waals surface area contributed by atoms with Gasteiger partial charge in [-0.15, -0.1) is 0 Å². The van der Waals surface area contributed by atoms with Crippen LogP contribution in [-0.2, 0) is 33.2 Å². The lowest BCUT2D eigenvalue weighted by molar-refractivity contribution is -0.379. The third-order valence-electron chi connectivity index (χ3n) is 19.4. The van der Waals surface area contributed by atoms with Crippen LogP contribution in [0.3, 0.4) is 0 Å². The van der Waals surface area contributed by atoms with Crippen molar-refractivity contribution in [2.75, 3.05) is 26.4 Å². The first-order valence-electron chi connectivity index (χ1n) is 38.7. The number of ether oxygens (including phenoxy) is 6. The second-order valence-corrected chi connectivity index (χ2v) is 27.8. The molecule has 0 radical (unpaired) electrons. The minimum atomic E-state index is -1.98. The van der Waals surface area contributed by atoms with E-state index in [9.17, 15) is 61.0 Å². The molecule has 558 valence electrons. The molecule has 0 aromatic heterocycles. The van der Waals surface area contributed by atoms with Crippen molar-refractivity contribution in [1.29, 1.82) is 0 Å². The minimum Gasteiger partial charge on any atom is -0.394 e. The number of nitrogens with one attached hydrogen (secondary N) is 1. The molecule has 0 aromatic rings. The Morgan fingerprint density at radius 3 is 1.07 bits per heavy atom. The highest BCUT2D eigenvalue weighted by molar-refractivity contribution is 5.76. The average Bonchev–Trinajstić information content (AvgIpc) is 0.786. The maximum atomic E-state index is 13.5. The molecule has 3 fully saturated rings. The molecule has 17 unspecified atom stereocenters. The monoisotopic (exact) mass is 1360 g/mol. The first-order valence-corrected chi connectivity index (χ1v) is 38.7. The Balaban J connectivity index is 1.39. The topological polar surface area (TPSA) is 307 Å². The first-order chi connectivity index (χ1) is 46.3. The molecule has 0 bridgehead atoms. The zero-order valence-corrected chi connectivity index (χ0v) is 59.4. The largest absolute Gasteiger partial charge is 0.394 e. The molecule has 19 nitrogen and oxygen atoms in total. The molecule has 3 heterocycles. The number of aliphatic hydroxyl groups is 11. The van der Waals surface area contributed by atoms with Crippen molar-refractivity contribution >= 4 is 5.91 Å². The molecule has 1 amide bonds. The molecule has 0 spiro atoms. The van der Waals surface area contributed by atoms with E-state index in [1.165, 1.54) is 231 Å². The summed E-state index contributed by atoms with van der Waals surface area (Å²) in [6.45, 7) is 1.77. The molecule has 3 saturated heterocycles. The van der Waals surface area contributed by atoms with E-state index in [4.69, 9.17) is 28.4 Å². The Hall–Kier alpha value is -1.99. The summed E-state index contributed by atoms with van der Waals surface area (Å²) in [4.78, 5) is 13.5. The van der Waals surface area contributed by atoms with Gasteiger partial charge in [0.15, 0.2) is 18.9 Å². The van der Waals surface area contributed by atoms with E-state index in [1.807, 2.05) is 6.08 Å². The fourth-order valence-electron chi connectivity index (χ4n) is 13.2. The normalized spacial score (nSPS) is 27.4. The summed E-state index contributed by atoms with van der Waals surface area (Å²) in [5, 5.41) is 121. The second-order valence-electron chi connectivity index (χ2n) is 27.8. The minimum absolute atomic E-state index is 0.246. The lowest BCUT2D eigenvalue weighted by Crippen LogP contribution is -2.66. The van der Waals surface area contributed by atoms with E-state index in [1.54, 1.807) is 6.08 Å². The highest BCUT2D eigenvalue weighted by atomic mass is 16.8. The lowest BCUT2D eigenvalue weighted by atomic mass is 9.96. The Labute approximate surface area is 574 Å². The molecule has 19 heteroatoms. The van der Waals surface area contributed by atoms with E-state index < -0.39 is 124 Å². The number of allylic oxidation sites excluding steroid dienone is 5. The maximum absolute atomic E-state index is 13.5. The number of aliphatic hydroxyl groups excluding tert-OH is 11. The number of carbonyl (C=O) groups is 1. The van der Waals surface area contributed by atoms with Crippen LogP contribution in [0.5, 0.6) is 0 Å². The highest BCUT2D eigenvalue weighted by Gasteiger charge is 2.53. The zero-order chi connectivity index (χ0) is 68.9. The van der Waals surface area contributed by atoms with Gasteiger partial charge in [0.25, 0.3) is 0 Å². The number of hydrogen-bond acceptors (Lipinski definition) is 18. The van der Waals surface area contributed by atoms with Crippen LogP contribution in [0.1, 0.15) is 309 Å². The summed E-state index contributed by atoms with van der Waals surface area (Å²) in [5.74, 6) is -0.271. The van der Waals surface area contributed by atoms with Crippen LogP contribution in [0.25, 0.3) is 0 Å². The van der Waals surface area contributed by atoms with E-state index >= 15 is 0 Å². The van der Waals surface area contributed by atoms with E-state index in [-0.39, 0.29) is 18.9 Å². The van der Waals surface area contributed by atoms with Gasteiger partial charge in [0.2, 0.25) is 5.91 Å². The summed E-state index contributed by atoms with van der Waals surface area (Å²) in [6.07, 6.45) is 42.6. The Morgan fingerprint density at radius 1 is 0.379 bits per heavy atom. The molecule has 17 atom stereocenters. The zero-order valence-electron chi connectivity index (χ0n) is 59.4. The van der Waals surface area contributed by atoms with Gasteiger partial charge in [-0.1, -0.05) is 288 Å². The standard InChI is InChI=1S/C76H141NO18/c1-3-5-7-9-11-13-15-17-19-21-23-25-26-27-28-29-30-31-32-34-36-38-40-42-44-46-48-50-52-54-64(82)77-59(60(81)53-51-49-47-45-43-41-39-37-35-33-24-22-20-18-16-14-12-10-8-6-4-2)58-90-74-70(88)67(85)72(62(56-79)92-74)95-76-71(89)68(86)73(63(57-80)93-76)94-75-69(87)66(84)65(83)61(55-78)91-75/h15,17,21,23,51,53,59-63,65-76,78-81,83-89H,3-14,16,18-20,22,24-50,52,54-58H2,1-2H3,(H,77,82)/b17-15-,23-21-,53-51+. The predicted molar refractivity (Wildman–Crippen MR) is 374 cm³/mol. The van der Waals surface area contributed by atoms with Crippen molar-refractivity contribution in [2.45, 2.75) is 413 Å². The lowest BCUT2D eigenvalue weighted by Gasteiger charge is -2.48. The molecule has 3 aliphatic rings. The van der Waals surface area contributed by atoms with Crippen molar-refractivity contribution < 1.29 is 89.4 Å². The van der Waals surface area contributed by atoms with Gasteiger partial charge < -0.3 is 89.9 Å². The fourth-order valence-corrected chi connectivity index (χ4v) is 13.2. The van der Waals surface area contributed by atoms with Gasteiger partial charge in [-0.05, 0) is 51.4 Å². The van der Waals surface area contributed by atoms with Gasteiger partial charge in [-0.3, -0.25) is 4.79 Å². The van der Waals surface area contributed by atoms with Crippen LogP contribution in [0, 0.1) is 0 Å². The van der Waals surface area contributed by atoms with Crippen molar-refractivity contribution in [3.63, 3.8) is 0 Å². The number of rotatable bonds is 61. The Kier molecular flexibility index (Phi) is 52.9. The molecule has 0 aliphatic carbocycles. The number of unbranched alkanes of at least 4 members (excludes halogenated alkanes) is 41. The van der Waals surface area contributed by atoms with Crippen LogP contribution in [-0.4, -0.2) is 193 Å². The molecule has 3 rings (SSSR count). The molecule has 0 saturated carbocycles. The molecular formula is C76H141NO18. The van der Waals surface area contributed by atoms with Gasteiger partial charge in [0.05, 0.1) is 38.6 Å². The summed E-state index contributed by atoms with van der Waals surface area (Å²) in [5.41, 5.74) is 0. The van der Waals surface area contributed by atoms with Crippen LogP contribution < -0.4 is 5.32 Å². The smallest absolute Gasteiger partial charge is 0.220 e. The summed E-state index contributed by atoms with van der Waals surface area (Å²) < 4.78 is 34.4. The predicted octanol–water partition coefficient (Wildman–Crippen LogP) is 11.9. The average molecular weight is 1360 g/mol. The molecule has 12 N–H and O–H groups in total. The molecule has 95 heavy (non-hydrogen) atoms. The van der Waals surface area contributed by atoms with Gasteiger partial charge >= 0.3 is 0 Å². The van der Waals surface area contributed by atoms with Crippen LogP contribution in [0.4, 0.5) is 0 Å². The Morgan fingerprint density at radius 2 is 0.695 bits per heavy atom. The van der Waals surface area contributed by atoms with Gasteiger partial charge in [0, 0.05) is 6.42 Å². The molecule has 3 aliphatic heterocycles. The fraction of sp³-hybridized carbons (Fsp3) is 0.908. The third kappa shape index (κ3) is 38.6. The second kappa shape index (κ2) is 57.6. The number of carbonyl (C=O) groups excluding carboxylic acids is 1. The van der Waals surface area contributed by atoms with Crippen LogP contribution in [0.15, 0.2) is 36.5 Å². The number of amides is 1. The third-order valence-corrected chi connectivity index (χ3v) is 19.4. The van der Waals surface area contributed by atoms with Gasteiger partial charge in [-0.25, -0.2) is 0 Å².